The molecule has 7 heteroatoms. The van der Waals surface area contributed by atoms with Gasteiger partial charge in [0.05, 0.1) is 6.61 Å². The average Bonchev–Trinajstić information content (AvgIpc) is 2.60. The molecule has 0 N–H and O–H groups in total. The molecule has 0 unspecified atom stereocenters. The van der Waals surface area contributed by atoms with Gasteiger partial charge in [-0.2, -0.15) is 0 Å². The lowest BCUT2D eigenvalue weighted by atomic mass is 10.2. The minimum atomic E-state index is -0.195. The van der Waals surface area contributed by atoms with Crippen LogP contribution in [0.1, 0.15) is 20.8 Å². The minimum Gasteiger partial charge on any atom is -0.494 e. The third-order valence-electron chi connectivity index (χ3n) is 4.21. The Morgan fingerprint density at radius 1 is 1.00 bits per heavy atom. The van der Waals surface area contributed by atoms with Crippen LogP contribution in [0, 0.1) is 0 Å². The summed E-state index contributed by atoms with van der Waals surface area (Å²) in [5.41, 5.74) is 0.659. The van der Waals surface area contributed by atoms with Gasteiger partial charge in [-0.25, -0.2) is 0 Å². The van der Waals surface area contributed by atoms with Crippen molar-refractivity contribution in [3.05, 3.63) is 24.3 Å². The largest absolute Gasteiger partial charge is 0.494 e. The van der Waals surface area contributed by atoms with E-state index in [9.17, 15) is 14.4 Å². The zero-order valence-electron chi connectivity index (χ0n) is 15.0. The van der Waals surface area contributed by atoms with Gasteiger partial charge in [-0.3, -0.25) is 14.4 Å². The van der Waals surface area contributed by atoms with Crippen molar-refractivity contribution in [3.8, 4) is 5.75 Å². The van der Waals surface area contributed by atoms with Gasteiger partial charge in [-0.1, -0.05) is 0 Å². The van der Waals surface area contributed by atoms with Gasteiger partial charge >= 0.3 is 0 Å². The summed E-state index contributed by atoms with van der Waals surface area (Å²) in [5.74, 6) is 0.431. The van der Waals surface area contributed by atoms with Gasteiger partial charge in [0.25, 0.3) is 0 Å². The lowest BCUT2D eigenvalue weighted by molar-refractivity contribution is -0.137. The molecular formula is C18H25N3O4. The highest BCUT2D eigenvalue weighted by atomic mass is 16.5. The van der Waals surface area contributed by atoms with Crippen LogP contribution in [0.4, 0.5) is 5.69 Å². The molecule has 25 heavy (non-hydrogen) atoms. The molecule has 1 saturated heterocycles. The molecule has 0 aliphatic carbocycles. The summed E-state index contributed by atoms with van der Waals surface area (Å²) >= 11 is 0. The topological polar surface area (TPSA) is 70.2 Å². The van der Waals surface area contributed by atoms with Crippen LogP contribution in [0.3, 0.4) is 0 Å². The number of anilines is 1. The minimum absolute atomic E-state index is 0.0105. The number of nitrogens with zero attached hydrogens (tertiary/aromatic N) is 3. The first-order valence-electron chi connectivity index (χ1n) is 8.46. The molecule has 136 valence electrons. The smallest absolute Gasteiger partial charge is 0.242 e. The number of piperazine rings is 1. The molecule has 7 nitrogen and oxygen atoms in total. The van der Waals surface area contributed by atoms with Crippen LogP contribution < -0.4 is 9.64 Å². The van der Waals surface area contributed by atoms with Crippen LogP contribution in [0.2, 0.25) is 0 Å². The molecule has 1 aromatic rings. The van der Waals surface area contributed by atoms with Crippen LogP contribution in [0.15, 0.2) is 24.3 Å². The van der Waals surface area contributed by atoms with Crippen molar-refractivity contribution in [2.75, 3.05) is 44.2 Å². The maximum Gasteiger partial charge on any atom is 0.242 e. The highest BCUT2D eigenvalue weighted by Gasteiger charge is 2.25. The number of ether oxygens (including phenoxy) is 1. The van der Waals surface area contributed by atoms with Gasteiger partial charge in [0.15, 0.2) is 0 Å². The number of benzene rings is 1. The third kappa shape index (κ3) is 4.95. The molecule has 1 aromatic carbocycles. The van der Waals surface area contributed by atoms with Crippen LogP contribution >= 0.6 is 0 Å². The molecule has 3 amide bonds. The number of amides is 3. The SMILES string of the molecule is CCOc1ccc(N(CC(=O)N2CCN(C(C)=O)CC2)C(C)=O)cc1. The number of rotatable bonds is 5. The zero-order valence-corrected chi connectivity index (χ0v) is 15.0. The molecule has 1 aliphatic rings. The van der Waals surface area contributed by atoms with Crippen molar-refractivity contribution < 1.29 is 19.1 Å². The first-order chi connectivity index (χ1) is 11.9. The van der Waals surface area contributed by atoms with E-state index < -0.39 is 0 Å². The van der Waals surface area contributed by atoms with Crippen LogP contribution in [-0.4, -0.2) is 66.9 Å². The number of hydrogen-bond acceptors (Lipinski definition) is 4. The Bertz CT molecular complexity index is 622. The molecule has 2 rings (SSSR count). The molecule has 1 heterocycles. The van der Waals surface area contributed by atoms with Crippen molar-refractivity contribution >= 4 is 23.4 Å². The Kier molecular flexibility index (Phi) is 6.38. The van der Waals surface area contributed by atoms with Crippen molar-refractivity contribution in [3.63, 3.8) is 0 Å². The lowest BCUT2D eigenvalue weighted by Crippen LogP contribution is -2.52. The van der Waals surface area contributed by atoms with E-state index in [0.29, 0.717) is 38.5 Å². The van der Waals surface area contributed by atoms with Gasteiger partial charge in [-0.05, 0) is 31.2 Å². The second-order valence-corrected chi connectivity index (χ2v) is 5.92. The number of carbonyl (C=O) groups excluding carboxylic acids is 3. The molecule has 0 bridgehead atoms. The Balaban J connectivity index is 2.00. The molecule has 0 radical (unpaired) electrons. The monoisotopic (exact) mass is 347 g/mol. The van der Waals surface area contributed by atoms with Crippen molar-refractivity contribution in [1.29, 1.82) is 0 Å². The van der Waals surface area contributed by atoms with Crippen molar-refractivity contribution in [2.45, 2.75) is 20.8 Å². The number of hydrogen-bond donors (Lipinski definition) is 0. The summed E-state index contributed by atoms with van der Waals surface area (Å²) in [6.07, 6.45) is 0. The molecule has 0 saturated carbocycles. The molecule has 0 spiro atoms. The summed E-state index contributed by atoms with van der Waals surface area (Å²) < 4.78 is 5.40. The first-order valence-corrected chi connectivity index (χ1v) is 8.46. The van der Waals surface area contributed by atoms with E-state index in [1.54, 1.807) is 34.1 Å². The molecule has 0 aromatic heterocycles. The summed E-state index contributed by atoms with van der Waals surface area (Å²) in [6.45, 7) is 7.48. The quantitative estimate of drug-likeness (QED) is 0.801. The predicted molar refractivity (Wildman–Crippen MR) is 94.5 cm³/mol. The third-order valence-corrected chi connectivity index (χ3v) is 4.21. The summed E-state index contributed by atoms with van der Waals surface area (Å²) in [7, 11) is 0. The Hall–Kier alpha value is -2.57. The van der Waals surface area contributed by atoms with E-state index in [1.807, 2.05) is 6.92 Å². The number of carbonyl (C=O) groups is 3. The Morgan fingerprint density at radius 3 is 2.04 bits per heavy atom. The zero-order chi connectivity index (χ0) is 18.4. The fraction of sp³-hybridized carbons (Fsp3) is 0.500. The van der Waals surface area contributed by atoms with E-state index in [-0.39, 0.29) is 24.3 Å². The Morgan fingerprint density at radius 2 is 1.56 bits per heavy atom. The Labute approximate surface area is 148 Å². The molecular weight excluding hydrogens is 322 g/mol. The normalized spacial score (nSPS) is 14.2. The fourth-order valence-corrected chi connectivity index (χ4v) is 2.78. The summed E-state index contributed by atoms with van der Waals surface area (Å²) in [5, 5.41) is 0. The maximum absolute atomic E-state index is 12.5. The summed E-state index contributed by atoms with van der Waals surface area (Å²) in [6, 6.07) is 7.11. The van der Waals surface area contributed by atoms with E-state index >= 15 is 0 Å². The van der Waals surface area contributed by atoms with Gasteiger partial charge in [0.1, 0.15) is 12.3 Å². The second kappa shape index (κ2) is 8.50. The first kappa shape index (κ1) is 18.8. The highest BCUT2D eigenvalue weighted by molar-refractivity contribution is 5.97. The van der Waals surface area contributed by atoms with Gasteiger partial charge in [-0.15, -0.1) is 0 Å². The standard InChI is InChI=1S/C18H25N3O4/c1-4-25-17-7-5-16(6-8-17)21(15(3)23)13-18(24)20-11-9-19(10-12-20)14(2)22/h5-8H,4,9-13H2,1-3H3. The lowest BCUT2D eigenvalue weighted by Gasteiger charge is -2.35. The molecule has 0 atom stereocenters. The molecule has 1 fully saturated rings. The predicted octanol–water partition coefficient (Wildman–Crippen LogP) is 1.13. The second-order valence-electron chi connectivity index (χ2n) is 5.92. The van der Waals surface area contributed by atoms with Gasteiger partial charge < -0.3 is 19.4 Å². The summed E-state index contributed by atoms with van der Waals surface area (Å²) in [4.78, 5) is 40.8. The van der Waals surface area contributed by atoms with Crippen LogP contribution in [0.5, 0.6) is 5.75 Å². The fourth-order valence-electron chi connectivity index (χ4n) is 2.78. The van der Waals surface area contributed by atoms with Crippen molar-refractivity contribution in [1.82, 2.24) is 9.80 Å². The van der Waals surface area contributed by atoms with Gasteiger partial charge in [0.2, 0.25) is 17.7 Å². The van der Waals surface area contributed by atoms with E-state index in [1.165, 1.54) is 18.7 Å². The van der Waals surface area contributed by atoms with E-state index in [2.05, 4.69) is 0 Å². The molecule has 1 aliphatic heterocycles. The van der Waals surface area contributed by atoms with Crippen LogP contribution in [0.25, 0.3) is 0 Å². The average molecular weight is 347 g/mol. The maximum atomic E-state index is 12.5. The van der Waals surface area contributed by atoms with E-state index in [4.69, 9.17) is 4.74 Å². The highest BCUT2D eigenvalue weighted by Crippen LogP contribution is 2.20. The van der Waals surface area contributed by atoms with Crippen LogP contribution in [-0.2, 0) is 14.4 Å². The van der Waals surface area contributed by atoms with Crippen molar-refractivity contribution in [2.24, 2.45) is 0 Å². The van der Waals surface area contributed by atoms with Gasteiger partial charge in [0, 0.05) is 45.7 Å². The van der Waals surface area contributed by atoms with E-state index in [0.717, 1.165) is 5.75 Å².